The smallest absolute Gasteiger partial charge is 0.275 e. The summed E-state index contributed by atoms with van der Waals surface area (Å²) >= 11 is 0. The van der Waals surface area contributed by atoms with Crippen LogP contribution in [0.1, 0.15) is 30.3 Å². The third-order valence-corrected chi connectivity index (χ3v) is 4.58. The van der Waals surface area contributed by atoms with Crippen LogP contribution < -0.4 is 5.32 Å². The molecule has 2 heterocycles. The van der Waals surface area contributed by atoms with Gasteiger partial charge in [0.1, 0.15) is 0 Å². The minimum absolute atomic E-state index is 0.0305. The predicted octanol–water partition coefficient (Wildman–Crippen LogP) is 1.49. The molecule has 25 heavy (non-hydrogen) atoms. The number of para-hydroxylation sites is 1. The van der Waals surface area contributed by atoms with Gasteiger partial charge in [0, 0.05) is 19.1 Å². The average molecular weight is 345 g/mol. The molecule has 0 aliphatic carbocycles. The molecule has 2 aromatic rings. The molecule has 1 aromatic heterocycles. The van der Waals surface area contributed by atoms with Crippen molar-refractivity contribution in [3.8, 4) is 11.4 Å². The maximum Gasteiger partial charge on any atom is 0.275 e. The van der Waals surface area contributed by atoms with Crippen LogP contribution in [0.2, 0.25) is 0 Å². The molecule has 1 aliphatic rings. The molecule has 2 atom stereocenters. The Kier molecular flexibility index (Phi) is 5.06. The van der Waals surface area contributed by atoms with Crippen molar-refractivity contribution in [2.24, 2.45) is 5.92 Å². The van der Waals surface area contributed by atoms with Crippen LogP contribution in [0.5, 0.6) is 5.75 Å². The number of carbonyl (C=O) groups excluding carboxylic acids is 1. The van der Waals surface area contributed by atoms with Gasteiger partial charge in [0.15, 0.2) is 11.4 Å². The lowest BCUT2D eigenvalue weighted by Crippen LogP contribution is -2.48. The zero-order valence-corrected chi connectivity index (χ0v) is 14.2. The molecule has 3 N–H and O–H groups in total. The number of aromatic nitrogens is 2. The zero-order valence-electron chi connectivity index (χ0n) is 14.2. The van der Waals surface area contributed by atoms with E-state index < -0.39 is 11.5 Å². The Morgan fingerprint density at radius 2 is 2.20 bits per heavy atom. The number of nitrogens with zero attached hydrogens (tertiary/aromatic N) is 2. The fourth-order valence-electron chi connectivity index (χ4n) is 2.96. The van der Waals surface area contributed by atoms with E-state index in [0.717, 1.165) is 18.5 Å². The molecule has 7 nitrogen and oxygen atoms in total. The van der Waals surface area contributed by atoms with E-state index in [1.165, 1.54) is 10.9 Å². The van der Waals surface area contributed by atoms with Gasteiger partial charge in [-0.2, -0.15) is 5.10 Å². The van der Waals surface area contributed by atoms with Crippen molar-refractivity contribution in [1.82, 2.24) is 15.1 Å². The summed E-state index contributed by atoms with van der Waals surface area (Å²) in [6.07, 6.45) is 3.14. The first-order valence-corrected chi connectivity index (χ1v) is 8.40. The second-order valence-electron chi connectivity index (χ2n) is 6.60. The minimum atomic E-state index is -1.08. The van der Waals surface area contributed by atoms with Gasteiger partial charge in [0.25, 0.3) is 5.91 Å². The number of benzene rings is 1. The molecule has 1 amide bonds. The first kappa shape index (κ1) is 17.4. The number of nitrogens with one attached hydrogen (secondary N) is 1. The number of hydrogen-bond acceptors (Lipinski definition) is 5. The van der Waals surface area contributed by atoms with Gasteiger partial charge in [-0.05, 0) is 31.9 Å². The quantitative estimate of drug-likeness (QED) is 0.763. The van der Waals surface area contributed by atoms with E-state index in [1.54, 1.807) is 6.92 Å². The lowest BCUT2D eigenvalue weighted by Gasteiger charge is -2.35. The van der Waals surface area contributed by atoms with Crippen molar-refractivity contribution in [3.63, 3.8) is 0 Å². The van der Waals surface area contributed by atoms with Crippen LogP contribution in [0.4, 0.5) is 0 Å². The van der Waals surface area contributed by atoms with Gasteiger partial charge >= 0.3 is 0 Å². The fraction of sp³-hybridized carbons (Fsp3) is 0.444. The molecule has 1 fully saturated rings. The molecule has 0 spiro atoms. The standard InChI is InChI=1S/C18H23N3O4/c1-18(24,13-6-5-9-25-11-13)12-19-17(23)16-15(22)10-21(20-16)14-7-3-2-4-8-14/h2-4,7-8,10,13,22,24H,5-6,9,11-12H2,1H3,(H,19,23). The highest BCUT2D eigenvalue weighted by molar-refractivity contribution is 5.94. The Hall–Kier alpha value is -2.38. The molecule has 134 valence electrons. The number of aromatic hydroxyl groups is 1. The van der Waals surface area contributed by atoms with Gasteiger partial charge in [0.2, 0.25) is 0 Å². The van der Waals surface area contributed by atoms with E-state index in [9.17, 15) is 15.0 Å². The molecule has 1 aromatic carbocycles. The van der Waals surface area contributed by atoms with Crippen LogP contribution >= 0.6 is 0 Å². The molecule has 0 radical (unpaired) electrons. The van der Waals surface area contributed by atoms with Gasteiger partial charge in [-0.15, -0.1) is 0 Å². The molecule has 1 saturated heterocycles. The van der Waals surface area contributed by atoms with Crippen molar-refractivity contribution in [1.29, 1.82) is 0 Å². The van der Waals surface area contributed by atoms with E-state index in [4.69, 9.17) is 4.74 Å². The average Bonchev–Trinajstić information content (AvgIpc) is 3.03. The van der Waals surface area contributed by atoms with E-state index in [-0.39, 0.29) is 23.9 Å². The van der Waals surface area contributed by atoms with Crippen molar-refractivity contribution < 1.29 is 19.7 Å². The normalized spacial score (nSPS) is 20.0. The lowest BCUT2D eigenvalue weighted by atomic mass is 9.85. The Labute approximate surface area is 146 Å². The zero-order chi connectivity index (χ0) is 17.9. The van der Waals surface area contributed by atoms with Crippen LogP contribution in [-0.2, 0) is 4.74 Å². The molecule has 0 bridgehead atoms. The SMILES string of the molecule is CC(O)(CNC(=O)c1nn(-c2ccccc2)cc1O)C1CCCOC1. The Morgan fingerprint density at radius 1 is 1.44 bits per heavy atom. The van der Waals surface area contributed by atoms with Crippen molar-refractivity contribution >= 4 is 5.91 Å². The highest BCUT2D eigenvalue weighted by atomic mass is 16.5. The maximum absolute atomic E-state index is 12.4. The molecular formula is C18H23N3O4. The van der Waals surface area contributed by atoms with Crippen LogP contribution in [0.15, 0.2) is 36.5 Å². The first-order valence-electron chi connectivity index (χ1n) is 8.40. The molecule has 2 unspecified atom stereocenters. The minimum Gasteiger partial charge on any atom is -0.504 e. The topological polar surface area (TPSA) is 96.6 Å². The summed E-state index contributed by atoms with van der Waals surface area (Å²) in [6, 6.07) is 9.20. The number of hydrogen-bond donors (Lipinski definition) is 3. The summed E-state index contributed by atoms with van der Waals surface area (Å²) in [5.74, 6) is -0.761. The summed E-state index contributed by atoms with van der Waals surface area (Å²) in [6.45, 7) is 2.95. The highest BCUT2D eigenvalue weighted by Gasteiger charge is 2.34. The summed E-state index contributed by atoms with van der Waals surface area (Å²) in [5.41, 5.74) is -0.406. The van der Waals surface area contributed by atoms with Crippen molar-refractivity contribution in [3.05, 3.63) is 42.2 Å². The first-order chi connectivity index (χ1) is 12.0. The van der Waals surface area contributed by atoms with E-state index in [2.05, 4.69) is 10.4 Å². The number of amides is 1. The van der Waals surface area contributed by atoms with Crippen molar-refractivity contribution in [2.45, 2.75) is 25.4 Å². The molecule has 7 heteroatoms. The highest BCUT2D eigenvalue weighted by Crippen LogP contribution is 2.25. The Balaban J connectivity index is 1.66. The van der Waals surface area contributed by atoms with E-state index in [1.807, 2.05) is 30.3 Å². The van der Waals surface area contributed by atoms with Gasteiger partial charge < -0.3 is 20.3 Å². The second kappa shape index (κ2) is 7.25. The number of ether oxygens (including phenoxy) is 1. The molecule has 3 rings (SSSR count). The maximum atomic E-state index is 12.4. The monoisotopic (exact) mass is 345 g/mol. The molecular weight excluding hydrogens is 322 g/mol. The third kappa shape index (κ3) is 4.00. The number of carbonyl (C=O) groups is 1. The summed E-state index contributed by atoms with van der Waals surface area (Å²) in [7, 11) is 0. The van der Waals surface area contributed by atoms with Crippen LogP contribution in [-0.4, -0.2) is 51.3 Å². The molecule has 0 saturated carbocycles. The third-order valence-electron chi connectivity index (χ3n) is 4.58. The summed E-state index contributed by atoms with van der Waals surface area (Å²) in [4.78, 5) is 12.4. The van der Waals surface area contributed by atoms with Gasteiger partial charge in [-0.1, -0.05) is 18.2 Å². The predicted molar refractivity (Wildman–Crippen MR) is 91.7 cm³/mol. The van der Waals surface area contributed by atoms with Crippen LogP contribution in [0.25, 0.3) is 5.69 Å². The van der Waals surface area contributed by atoms with Crippen LogP contribution in [0.3, 0.4) is 0 Å². The number of aliphatic hydroxyl groups is 1. The Bertz CT molecular complexity index is 721. The lowest BCUT2D eigenvalue weighted by molar-refractivity contribution is -0.0654. The van der Waals surface area contributed by atoms with Crippen LogP contribution in [0, 0.1) is 5.92 Å². The van der Waals surface area contributed by atoms with Crippen molar-refractivity contribution in [2.75, 3.05) is 19.8 Å². The Morgan fingerprint density at radius 3 is 2.88 bits per heavy atom. The van der Waals surface area contributed by atoms with E-state index >= 15 is 0 Å². The fourth-order valence-corrected chi connectivity index (χ4v) is 2.96. The largest absolute Gasteiger partial charge is 0.504 e. The van der Waals surface area contributed by atoms with Gasteiger partial charge in [0.05, 0.1) is 24.1 Å². The van der Waals surface area contributed by atoms with E-state index in [0.29, 0.717) is 13.2 Å². The summed E-state index contributed by atoms with van der Waals surface area (Å²) < 4.78 is 6.84. The van der Waals surface area contributed by atoms with Gasteiger partial charge in [-0.25, -0.2) is 4.68 Å². The summed E-state index contributed by atoms with van der Waals surface area (Å²) in [5, 5.41) is 27.4. The molecule has 1 aliphatic heterocycles. The van der Waals surface area contributed by atoms with Gasteiger partial charge in [-0.3, -0.25) is 4.79 Å². The second-order valence-corrected chi connectivity index (χ2v) is 6.60. The number of rotatable bonds is 5.